The van der Waals surface area contributed by atoms with E-state index in [0.717, 1.165) is 57.8 Å². The van der Waals surface area contributed by atoms with Crippen LogP contribution in [0.1, 0.15) is 355 Å². The van der Waals surface area contributed by atoms with Gasteiger partial charge in [0, 0.05) is 19.3 Å². The fourth-order valence-corrected chi connectivity index (χ4v) is 9.51. The molecule has 6 heteroatoms. The van der Waals surface area contributed by atoms with Crippen LogP contribution in [0.2, 0.25) is 0 Å². The zero-order valence-electron chi connectivity index (χ0n) is 45.7. The van der Waals surface area contributed by atoms with Crippen LogP contribution in [-0.2, 0) is 28.6 Å². The van der Waals surface area contributed by atoms with Crippen molar-refractivity contribution in [2.45, 2.75) is 361 Å². The van der Waals surface area contributed by atoms with Gasteiger partial charge in [-0.3, -0.25) is 14.4 Å². The molecule has 0 aliphatic carbocycles. The minimum Gasteiger partial charge on any atom is -0.462 e. The van der Waals surface area contributed by atoms with Gasteiger partial charge in [0.2, 0.25) is 0 Å². The molecule has 0 aliphatic rings. The first-order chi connectivity index (χ1) is 33.0. The molecule has 0 aromatic carbocycles. The summed E-state index contributed by atoms with van der Waals surface area (Å²) in [7, 11) is 0. The normalized spacial score (nSPS) is 11.9. The van der Waals surface area contributed by atoms with Gasteiger partial charge in [-0.2, -0.15) is 0 Å². The van der Waals surface area contributed by atoms with Gasteiger partial charge in [-0.15, -0.1) is 0 Å². The monoisotopic (exact) mass is 947 g/mol. The molecule has 0 aromatic heterocycles. The van der Waals surface area contributed by atoms with Gasteiger partial charge in [-0.05, 0) is 19.3 Å². The molecule has 1 atom stereocenters. The maximum absolute atomic E-state index is 12.8. The van der Waals surface area contributed by atoms with Crippen molar-refractivity contribution in [1.29, 1.82) is 0 Å². The molecule has 0 rings (SSSR count). The van der Waals surface area contributed by atoms with E-state index < -0.39 is 6.10 Å². The minimum atomic E-state index is -0.761. The molecule has 0 bridgehead atoms. The number of carbonyl (C=O) groups is 3. The maximum atomic E-state index is 12.8. The van der Waals surface area contributed by atoms with Crippen molar-refractivity contribution in [3.63, 3.8) is 0 Å². The summed E-state index contributed by atoms with van der Waals surface area (Å²) in [4.78, 5) is 38.1. The average molecular weight is 948 g/mol. The highest BCUT2D eigenvalue weighted by Gasteiger charge is 2.19. The molecule has 0 saturated carbocycles. The van der Waals surface area contributed by atoms with Crippen molar-refractivity contribution in [1.82, 2.24) is 0 Å². The Bertz CT molecular complexity index is 998. The predicted molar refractivity (Wildman–Crippen MR) is 289 cm³/mol. The van der Waals surface area contributed by atoms with Gasteiger partial charge in [0.1, 0.15) is 13.2 Å². The van der Waals surface area contributed by atoms with Crippen LogP contribution in [0, 0.1) is 0 Å². The van der Waals surface area contributed by atoms with E-state index in [1.807, 2.05) is 0 Å². The lowest BCUT2D eigenvalue weighted by molar-refractivity contribution is -0.167. The van der Waals surface area contributed by atoms with Gasteiger partial charge in [0.25, 0.3) is 0 Å². The highest BCUT2D eigenvalue weighted by atomic mass is 16.6. The number of hydrogen-bond donors (Lipinski definition) is 0. The first-order valence-corrected chi connectivity index (χ1v) is 30.5. The third-order valence-electron chi connectivity index (χ3n) is 14.1. The number of carbonyl (C=O) groups excluding carboxylic acids is 3. The fraction of sp³-hybridized carbons (Fsp3) is 0.951. The summed E-state index contributed by atoms with van der Waals surface area (Å²) in [6, 6.07) is 0. The summed E-state index contributed by atoms with van der Waals surface area (Å²) in [5, 5.41) is 0. The summed E-state index contributed by atoms with van der Waals surface area (Å²) in [5.74, 6) is -0.832. The summed E-state index contributed by atoms with van der Waals surface area (Å²) < 4.78 is 16.9. The Hall–Kier alpha value is -1.59. The third kappa shape index (κ3) is 55.2. The number of hydrogen-bond acceptors (Lipinski definition) is 6. The summed E-state index contributed by atoms with van der Waals surface area (Å²) in [6.45, 7) is 6.70. The molecule has 1 unspecified atom stereocenters. The number of rotatable bonds is 57. The summed E-state index contributed by atoms with van der Waals surface area (Å²) >= 11 is 0. The first-order valence-electron chi connectivity index (χ1n) is 30.5. The Morgan fingerprint density at radius 3 is 0.597 bits per heavy atom. The Morgan fingerprint density at radius 2 is 0.403 bits per heavy atom. The van der Waals surface area contributed by atoms with Crippen LogP contribution in [0.25, 0.3) is 0 Å². The van der Waals surface area contributed by atoms with Crippen LogP contribution in [0.15, 0.2) is 0 Å². The minimum absolute atomic E-state index is 0.0610. The lowest BCUT2D eigenvalue weighted by Crippen LogP contribution is -2.30. The van der Waals surface area contributed by atoms with E-state index >= 15 is 0 Å². The van der Waals surface area contributed by atoms with Crippen LogP contribution < -0.4 is 0 Å². The zero-order chi connectivity index (χ0) is 48.6. The Morgan fingerprint density at radius 1 is 0.239 bits per heavy atom. The van der Waals surface area contributed by atoms with Gasteiger partial charge in [0.15, 0.2) is 6.10 Å². The van der Waals surface area contributed by atoms with Crippen molar-refractivity contribution in [3.05, 3.63) is 0 Å². The van der Waals surface area contributed by atoms with E-state index in [4.69, 9.17) is 14.2 Å². The van der Waals surface area contributed by atoms with Crippen LogP contribution in [-0.4, -0.2) is 37.2 Å². The van der Waals surface area contributed by atoms with Crippen molar-refractivity contribution in [3.8, 4) is 0 Å². The molecule has 0 heterocycles. The predicted octanol–water partition coefficient (Wildman–Crippen LogP) is 20.3. The van der Waals surface area contributed by atoms with Crippen LogP contribution in [0.3, 0.4) is 0 Å². The van der Waals surface area contributed by atoms with Crippen molar-refractivity contribution < 1.29 is 28.6 Å². The largest absolute Gasteiger partial charge is 0.462 e. The topological polar surface area (TPSA) is 78.9 Å². The Kier molecular flexibility index (Phi) is 55.6. The second-order valence-electron chi connectivity index (χ2n) is 21.0. The molecule has 0 N–H and O–H groups in total. The Labute approximate surface area is 418 Å². The zero-order valence-corrected chi connectivity index (χ0v) is 45.7. The van der Waals surface area contributed by atoms with Gasteiger partial charge >= 0.3 is 17.9 Å². The summed E-state index contributed by atoms with van der Waals surface area (Å²) in [6.07, 6.45) is 64.0. The first kappa shape index (κ1) is 65.4. The van der Waals surface area contributed by atoms with Crippen molar-refractivity contribution in [2.75, 3.05) is 13.2 Å². The molecule has 0 radical (unpaired) electrons. The third-order valence-corrected chi connectivity index (χ3v) is 14.1. The molecule has 0 fully saturated rings. The molecule has 0 amide bonds. The second kappa shape index (κ2) is 57.0. The molecule has 0 aromatic rings. The van der Waals surface area contributed by atoms with E-state index in [-0.39, 0.29) is 31.1 Å². The van der Waals surface area contributed by atoms with E-state index in [2.05, 4.69) is 20.8 Å². The molecule has 398 valence electrons. The van der Waals surface area contributed by atoms with Crippen LogP contribution >= 0.6 is 0 Å². The summed E-state index contributed by atoms with van der Waals surface area (Å²) in [5.41, 5.74) is 0. The number of unbranched alkanes of at least 4 members (excludes halogenated alkanes) is 46. The van der Waals surface area contributed by atoms with E-state index in [1.165, 1.54) is 257 Å². The SMILES string of the molecule is CCCCCCCCCCCCCCCCCCCCCCCCCCC(=O)OCC(COC(=O)CCCCCCCCCCCCCC)OC(=O)CCCCCCCCCCCCCCC. The number of ether oxygens (including phenoxy) is 3. The quantitative estimate of drug-likeness (QED) is 0.0343. The number of esters is 3. The van der Waals surface area contributed by atoms with E-state index in [9.17, 15) is 14.4 Å². The Balaban J connectivity index is 4.15. The van der Waals surface area contributed by atoms with E-state index in [0.29, 0.717) is 19.3 Å². The smallest absolute Gasteiger partial charge is 0.306 e. The van der Waals surface area contributed by atoms with Crippen LogP contribution in [0.5, 0.6) is 0 Å². The van der Waals surface area contributed by atoms with Crippen LogP contribution in [0.4, 0.5) is 0 Å². The molecule has 0 aliphatic heterocycles. The molecule has 0 spiro atoms. The van der Waals surface area contributed by atoms with Gasteiger partial charge < -0.3 is 14.2 Å². The maximum Gasteiger partial charge on any atom is 0.306 e. The highest BCUT2D eigenvalue weighted by Crippen LogP contribution is 2.18. The molecule has 0 saturated heterocycles. The molecular weight excluding hydrogens is 829 g/mol. The second-order valence-corrected chi connectivity index (χ2v) is 21.0. The average Bonchev–Trinajstić information content (AvgIpc) is 3.33. The van der Waals surface area contributed by atoms with Gasteiger partial charge in [-0.1, -0.05) is 316 Å². The van der Waals surface area contributed by atoms with E-state index in [1.54, 1.807) is 0 Å². The molecule has 6 nitrogen and oxygen atoms in total. The lowest BCUT2D eigenvalue weighted by Gasteiger charge is -2.18. The van der Waals surface area contributed by atoms with Crippen molar-refractivity contribution >= 4 is 17.9 Å². The standard InChI is InChI=1S/C61H118O6/c1-4-7-10-13-16-19-22-25-26-27-28-29-30-31-32-33-34-35-37-39-42-45-48-51-54-60(63)66-57-58(56-65-59(62)53-50-47-44-41-38-24-21-18-15-12-9-6-3)67-61(64)55-52-49-46-43-40-36-23-20-17-14-11-8-5-2/h58H,4-57H2,1-3H3. The fourth-order valence-electron chi connectivity index (χ4n) is 9.51. The van der Waals surface area contributed by atoms with Gasteiger partial charge in [0.05, 0.1) is 0 Å². The lowest BCUT2D eigenvalue weighted by atomic mass is 10.0. The van der Waals surface area contributed by atoms with Crippen molar-refractivity contribution in [2.24, 2.45) is 0 Å². The van der Waals surface area contributed by atoms with Gasteiger partial charge in [-0.25, -0.2) is 0 Å². The molecular formula is C61H118O6. The highest BCUT2D eigenvalue weighted by molar-refractivity contribution is 5.71. The molecule has 67 heavy (non-hydrogen) atoms.